The second-order valence-electron chi connectivity index (χ2n) is 7.99. The van der Waals surface area contributed by atoms with Crippen molar-refractivity contribution in [1.29, 1.82) is 0 Å². The molecule has 0 aromatic carbocycles. The molecule has 1 aromatic rings. The molecule has 0 aliphatic rings. The van der Waals surface area contributed by atoms with Gasteiger partial charge in [-0.05, 0) is 0 Å². The van der Waals surface area contributed by atoms with Gasteiger partial charge in [0.15, 0.2) is 0 Å². The average molecular weight is 389 g/mol. The maximum absolute atomic E-state index is 6.29. The molecular formula is C15H30O2SiSn. The summed E-state index contributed by atoms with van der Waals surface area (Å²) in [6.07, 6.45) is 0. The molecule has 1 heterocycles. The van der Waals surface area contributed by atoms with Gasteiger partial charge in [-0.15, -0.1) is 0 Å². The quantitative estimate of drug-likeness (QED) is 0.700. The Balaban J connectivity index is 2.83. The van der Waals surface area contributed by atoms with Crippen LogP contribution in [0.2, 0.25) is 33.0 Å². The molecule has 0 atom stereocenters. The standard InChI is InChI=1S/C12H21O2Si.3CH3.Sn/c1-10-11(7-8-13-10)9-14-15(5,6)12(2,3)4;;;;/h7H,9H2,1-6H3;3*1H3;. The van der Waals surface area contributed by atoms with Crippen molar-refractivity contribution in [2.24, 2.45) is 0 Å². The van der Waals surface area contributed by atoms with Crippen molar-refractivity contribution >= 4 is 30.5 Å². The van der Waals surface area contributed by atoms with E-state index in [-0.39, 0.29) is 5.04 Å². The van der Waals surface area contributed by atoms with Crippen molar-refractivity contribution in [3.05, 3.63) is 17.4 Å². The normalized spacial score (nSPS) is 13.9. The summed E-state index contributed by atoms with van der Waals surface area (Å²) in [5.74, 6) is 1.04. The second kappa shape index (κ2) is 5.56. The molecule has 1 rings (SSSR count). The van der Waals surface area contributed by atoms with E-state index >= 15 is 0 Å². The molecule has 0 radical (unpaired) electrons. The van der Waals surface area contributed by atoms with Crippen molar-refractivity contribution in [1.82, 2.24) is 0 Å². The second-order valence-corrected chi connectivity index (χ2v) is 27.1. The Labute approximate surface area is 123 Å². The number of hydrogen-bond acceptors (Lipinski definition) is 2. The molecule has 2 nitrogen and oxygen atoms in total. The van der Waals surface area contributed by atoms with Crippen LogP contribution in [0.4, 0.5) is 0 Å². The fraction of sp³-hybridized carbons (Fsp3) is 0.733. The minimum atomic E-state index is -2.09. The summed E-state index contributed by atoms with van der Waals surface area (Å²) in [7, 11) is -1.67. The van der Waals surface area contributed by atoms with Gasteiger partial charge in [0, 0.05) is 0 Å². The average Bonchev–Trinajstić information content (AvgIpc) is 2.55. The Kier molecular flexibility index (Phi) is 5.07. The van der Waals surface area contributed by atoms with Gasteiger partial charge in [0.05, 0.1) is 0 Å². The predicted molar refractivity (Wildman–Crippen MR) is 88.4 cm³/mol. The van der Waals surface area contributed by atoms with Crippen LogP contribution in [0.15, 0.2) is 10.5 Å². The summed E-state index contributed by atoms with van der Waals surface area (Å²) >= 11 is -2.09. The first-order valence-corrected chi connectivity index (χ1v) is 20.0. The van der Waals surface area contributed by atoms with Crippen molar-refractivity contribution in [2.45, 2.75) is 67.3 Å². The molecule has 0 aliphatic heterocycles. The Bertz CT molecular complexity index is 436. The zero-order valence-corrected chi connectivity index (χ0v) is 18.0. The predicted octanol–water partition coefficient (Wildman–Crippen LogP) is 4.66. The van der Waals surface area contributed by atoms with Crippen LogP contribution in [-0.2, 0) is 11.0 Å². The van der Waals surface area contributed by atoms with Crippen molar-refractivity contribution in [3.8, 4) is 0 Å². The summed E-state index contributed by atoms with van der Waals surface area (Å²) in [6.45, 7) is 14.2. The van der Waals surface area contributed by atoms with Crippen LogP contribution in [0.5, 0.6) is 0 Å². The van der Waals surface area contributed by atoms with E-state index in [1.54, 1.807) is 0 Å². The molecule has 0 bridgehead atoms. The maximum atomic E-state index is 6.29. The van der Waals surface area contributed by atoms with E-state index in [2.05, 4.69) is 61.7 Å². The van der Waals surface area contributed by atoms with Gasteiger partial charge in [-0.2, -0.15) is 0 Å². The number of rotatable bonds is 4. The summed E-state index contributed by atoms with van der Waals surface area (Å²) < 4.78 is 13.5. The fourth-order valence-corrected chi connectivity index (χ4v) is 5.50. The van der Waals surface area contributed by atoms with E-state index in [4.69, 9.17) is 8.84 Å². The molecule has 0 saturated heterocycles. The summed E-state index contributed by atoms with van der Waals surface area (Å²) in [6, 6.07) is 2.25. The summed E-state index contributed by atoms with van der Waals surface area (Å²) in [4.78, 5) is 7.14. The number of furan rings is 1. The first-order chi connectivity index (χ1) is 8.34. The van der Waals surface area contributed by atoms with Crippen molar-refractivity contribution < 1.29 is 8.84 Å². The zero-order chi connectivity index (χ0) is 15.1. The molecule has 4 heteroatoms. The molecule has 0 N–H and O–H groups in total. The van der Waals surface area contributed by atoms with Crippen LogP contribution >= 0.6 is 0 Å². The van der Waals surface area contributed by atoms with E-state index in [0.717, 1.165) is 5.76 Å². The van der Waals surface area contributed by atoms with Gasteiger partial charge in [0.2, 0.25) is 0 Å². The third kappa shape index (κ3) is 4.36. The van der Waals surface area contributed by atoms with Crippen LogP contribution in [0.25, 0.3) is 0 Å². The summed E-state index contributed by atoms with van der Waals surface area (Å²) in [5, 5.41) is 0.261. The van der Waals surface area contributed by atoms with Crippen molar-refractivity contribution in [3.63, 3.8) is 0 Å². The molecule has 0 aliphatic carbocycles. The molecule has 1 aromatic heterocycles. The van der Waals surface area contributed by atoms with Crippen LogP contribution in [-0.4, -0.2) is 26.7 Å². The molecule has 0 spiro atoms. The van der Waals surface area contributed by atoms with Crippen LogP contribution in [0.3, 0.4) is 0 Å². The Morgan fingerprint density at radius 2 is 1.74 bits per heavy atom. The van der Waals surface area contributed by atoms with E-state index in [9.17, 15) is 0 Å². The first-order valence-electron chi connectivity index (χ1n) is 7.08. The van der Waals surface area contributed by atoms with E-state index in [1.165, 1.54) is 9.34 Å². The topological polar surface area (TPSA) is 22.4 Å². The SMILES string of the molecule is Cc1o[c]([Sn]([CH3])([CH3])[CH3])cc1CO[Si](C)(C)C(C)(C)C. The van der Waals surface area contributed by atoms with Gasteiger partial charge in [-0.3, -0.25) is 0 Å². The van der Waals surface area contributed by atoms with Crippen LogP contribution < -0.4 is 3.78 Å². The Morgan fingerprint density at radius 1 is 1.21 bits per heavy atom. The molecule has 0 amide bonds. The molecule has 0 fully saturated rings. The zero-order valence-electron chi connectivity index (χ0n) is 14.1. The molecule has 0 saturated carbocycles. The number of hydrogen-bond donors (Lipinski definition) is 0. The van der Waals surface area contributed by atoms with Gasteiger partial charge in [-0.25, -0.2) is 0 Å². The van der Waals surface area contributed by atoms with Crippen molar-refractivity contribution in [2.75, 3.05) is 0 Å². The van der Waals surface area contributed by atoms with Gasteiger partial charge < -0.3 is 0 Å². The monoisotopic (exact) mass is 390 g/mol. The van der Waals surface area contributed by atoms with E-state index < -0.39 is 26.7 Å². The van der Waals surface area contributed by atoms with E-state index in [0.29, 0.717) is 6.61 Å². The molecule has 19 heavy (non-hydrogen) atoms. The Hall–Kier alpha value is 0.256. The van der Waals surface area contributed by atoms with Crippen LogP contribution in [0.1, 0.15) is 32.1 Å². The van der Waals surface area contributed by atoms with E-state index in [1.807, 2.05) is 0 Å². The number of aryl methyl sites for hydroxylation is 1. The fourth-order valence-electron chi connectivity index (χ4n) is 1.51. The van der Waals surface area contributed by atoms with Gasteiger partial charge in [0.1, 0.15) is 0 Å². The van der Waals surface area contributed by atoms with Crippen LogP contribution in [0, 0.1) is 6.92 Å². The molecular weight excluding hydrogens is 359 g/mol. The third-order valence-electron chi connectivity index (χ3n) is 4.15. The minimum absolute atomic E-state index is 0.261. The third-order valence-corrected chi connectivity index (χ3v) is 13.6. The van der Waals surface area contributed by atoms with Gasteiger partial charge in [-0.1, -0.05) is 0 Å². The summed E-state index contributed by atoms with van der Waals surface area (Å²) in [5.41, 5.74) is 1.24. The van der Waals surface area contributed by atoms with Gasteiger partial charge in [0.25, 0.3) is 0 Å². The molecule has 0 unspecified atom stereocenters. The first kappa shape index (κ1) is 17.3. The van der Waals surface area contributed by atoms with Gasteiger partial charge >= 0.3 is 124 Å². The molecule has 110 valence electrons. The Morgan fingerprint density at radius 3 is 2.11 bits per heavy atom.